The average Bonchev–Trinajstić information content (AvgIpc) is 2.65. The summed E-state index contributed by atoms with van der Waals surface area (Å²) in [5, 5.41) is 1.20. The van der Waals surface area contributed by atoms with Gasteiger partial charge in [0.15, 0.2) is 20.1 Å². The van der Waals surface area contributed by atoms with Crippen LogP contribution in [0.2, 0.25) is 0 Å². The van der Waals surface area contributed by atoms with E-state index in [9.17, 15) is 13.2 Å². The Bertz CT molecular complexity index is 820. The van der Waals surface area contributed by atoms with Gasteiger partial charge in [-0.3, -0.25) is 0 Å². The van der Waals surface area contributed by atoms with Crippen molar-refractivity contribution in [3.63, 3.8) is 0 Å². The third-order valence-electron chi connectivity index (χ3n) is 3.11. The topological polar surface area (TPSA) is 57.2 Å². The Morgan fingerprint density at radius 1 is 1.04 bits per heavy atom. The summed E-state index contributed by atoms with van der Waals surface area (Å²) < 4.78 is 58.9. The first kappa shape index (κ1) is 19.2. The minimum absolute atomic E-state index is 0.354. The van der Waals surface area contributed by atoms with Crippen LogP contribution in [-0.4, -0.2) is 29.8 Å². The second-order valence-corrected chi connectivity index (χ2v) is 9.55. The van der Waals surface area contributed by atoms with Crippen molar-refractivity contribution in [1.29, 1.82) is 0 Å². The molecule has 0 saturated heterocycles. The lowest BCUT2D eigenvalue weighted by molar-refractivity contribution is -0.0517. The Morgan fingerprint density at radius 3 is 2.12 bits per heavy atom. The Labute approximate surface area is 145 Å². The highest BCUT2D eigenvalue weighted by Crippen LogP contribution is 2.40. The molecule has 0 N–H and O–H groups in total. The zero-order valence-electron chi connectivity index (χ0n) is 12.4. The molecule has 0 amide bonds. The van der Waals surface area contributed by atoms with Crippen LogP contribution in [0.4, 0.5) is 13.2 Å². The number of rotatable bonds is 0. The molecule has 1 atom stereocenters. The zero-order valence-corrected chi connectivity index (χ0v) is 14.9. The van der Waals surface area contributed by atoms with Gasteiger partial charge in [-0.15, -0.1) is 0 Å². The molecule has 24 heavy (non-hydrogen) atoms. The smallest absolute Gasteiger partial charge is 0.485 e. The Hall–Kier alpha value is -1.16. The molecule has 0 bridgehead atoms. The molecular weight excluding hydrogens is 381 g/mol. The fourth-order valence-corrected chi connectivity index (χ4v) is 5.12. The van der Waals surface area contributed by atoms with Crippen LogP contribution >= 0.6 is 11.8 Å². The van der Waals surface area contributed by atoms with Crippen molar-refractivity contribution >= 4 is 32.8 Å². The largest absolute Gasteiger partial charge is 0.741 e. The van der Waals surface area contributed by atoms with Crippen LogP contribution in [0.25, 0.3) is 11.1 Å². The van der Waals surface area contributed by atoms with Crippen molar-refractivity contribution in [2.24, 2.45) is 0 Å². The van der Waals surface area contributed by atoms with E-state index in [1.165, 1.54) is 26.0 Å². The molecule has 0 fully saturated rings. The van der Waals surface area contributed by atoms with Crippen molar-refractivity contribution in [1.82, 2.24) is 0 Å². The number of thioether (sulfide) groups is 1. The van der Waals surface area contributed by atoms with E-state index in [0.29, 0.717) is 10.9 Å². The van der Waals surface area contributed by atoms with Crippen molar-refractivity contribution in [2.45, 2.75) is 15.3 Å². The minimum Gasteiger partial charge on any atom is -0.741 e. The Morgan fingerprint density at radius 2 is 1.54 bits per heavy atom. The molecule has 0 aliphatic carbocycles. The second-order valence-electron chi connectivity index (χ2n) is 4.79. The number of alkyl halides is 3. The molecular formula is C15H13F3O3S3. The molecule has 1 aliphatic heterocycles. The van der Waals surface area contributed by atoms with Gasteiger partial charge >= 0.3 is 5.51 Å². The molecule has 1 heterocycles. The molecule has 1 unspecified atom stereocenters. The summed E-state index contributed by atoms with van der Waals surface area (Å²) in [4.78, 5) is 2.94. The number of hydrogen-bond acceptors (Lipinski definition) is 4. The van der Waals surface area contributed by atoms with E-state index >= 15 is 0 Å². The molecule has 130 valence electrons. The predicted molar refractivity (Wildman–Crippen MR) is 89.9 cm³/mol. The summed E-state index contributed by atoms with van der Waals surface area (Å²) >= 11 is 1.99. The molecule has 3 nitrogen and oxygen atoms in total. The van der Waals surface area contributed by atoms with E-state index in [-0.39, 0.29) is 0 Å². The predicted octanol–water partition coefficient (Wildman–Crippen LogP) is 4.08. The molecule has 2 aromatic rings. The third-order valence-corrected chi connectivity index (χ3v) is 7.34. The van der Waals surface area contributed by atoms with Gasteiger partial charge in [-0.2, -0.15) is 13.2 Å². The van der Waals surface area contributed by atoms with E-state index in [2.05, 4.69) is 54.8 Å². The first-order chi connectivity index (χ1) is 11.1. The van der Waals surface area contributed by atoms with E-state index < -0.39 is 15.6 Å². The highest BCUT2D eigenvalue weighted by atomic mass is 32.2. The van der Waals surface area contributed by atoms with Crippen molar-refractivity contribution in [3.8, 4) is 11.1 Å². The van der Waals surface area contributed by atoms with Gasteiger partial charge in [0.2, 0.25) is 0 Å². The lowest BCUT2D eigenvalue weighted by Gasteiger charge is -2.08. The first-order valence-electron chi connectivity index (χ1n) is 6.57. The fraction of sp³-hybridized carbons (Fsp3) is 0.200. The lowest BCUT2D eigenvalue weighted by atomic mass is 10.1. The fourth-order valence-electron chi connectivity index (χ4n) is 2.02. The number of benzene rings is 2. The molecule has 1 aliphatic rings. The number of fused-ring (bicyclic) bond motifs is 3. The minimum atomic E-state index is -6.09. The van der Waals surface area contributed by atoms with Crippen LogP contribution < -0.4 is 0 Å². The van der Waals surface area contributed by atoms with E-state index in [1.807, 2.05) is 11.8 Å². The maximum atomic E-state index is 10.7. The quantitative estimate of drug-likeness (QED) is 0.384. The summed E-state index contributed by atoms with van der Waals surface area (Å²) in [5.74, 6) is 0. The first-order valence-corrected chi connectivity index (χ1v) is 10.8. The van der Waals surface area contributed by atoms with Gasteiger partial charge in [0.1, 0.15) is 6.26 Å². The second kappa shape index (κ2) is 7.38. The summed E-state index contributed by atoms with van der Waals surface area (Å²) in [7, 11) is -5.74. The SMILES string of the molecule is C[S+]1CSc2ccccc2-c2ccccc21.O=S(=O)([O-])C(F)(F)F. The van der Waals surface area contributed by atoms with Crippen LogP contribution in [0.3, 0.4) is 0 Å². The van der Waals surface area contributed by atoms with Crippen LogP contribution in [0.1, 0.15) is 0 Å². The molecule has 3 rings (SSSR count). The number of halogens is 3. The molecule has 0 aromatic heterocycles. The van der Waals surface area contributed by atoms with E-state index in [1.54, 1.807) is 0 Å². The zero-order chi connectivity index (χ0) is 18.0. The monoisotopic (exact) mass is 394 g/mol. The van der Waals surface area contributed by atoms with Crippen LogP contribution in [0.5, 0.6) is 0 Å². The molecule has 0 saturated carbocycles. The Balaban J connectivity index is 0.000000224. The summed E-state index contributed by atoms with van der Waals surface area (Å²) in [6.45, 7) is 0. The maximum Gasteiger partial charge on any atom is 0.485 e. The van der Waals surface area contributed by atoms with Gasteiger partial charge < -0.3 is 4.55 Å². The van der Waals surface area contributed by atoms with Gasteiger partial charge in [-0.25, -0.2) is 8.42 Å². The molecule has 0 spiro atoms. The van der Waals surface area contributed by atoms with E-state index in [4.69, 9.17) is 13.0 Å². The molecule has 2 aromatic carbocycles. The van der Waals surface area contributed by atoms with Crippen LogP contribution in [0.15, 0.2) is 58.3 Å². The third kappa shape index (κ3) is 4.47. The van der Waals surface area contributed by atoms with Crippen molar-refractivity contribution in [3.05, 3.63) is 48.5 Å². The summed E-state index contributed by atoms with van der Waals surface area (Å²) in [6.07, 6.45) is 2.34. The summed E-state index contributed by atoms with van der Waals surface area (Å²) in [6, 6.07) is 17.6. The molecule has 9 heteroatoms. The van der Waals surface area contributed by atoms with Gasteiger partial charge in [0.25, 0.3) is 0 Å². The normalized spacial score (nSPS) is 17.0. The van der Waals surface area contributed by atoms with Gasteiger partial charge in [0.05, 0.1) is 0 Å². The molecule has 0 radical (unpaired) electrons. The van der Waals surface area contributed by atoms with Gasteiger partial charge in [0, 0.05) is 26.9 Å². The average molecular weight is 394 g/mol. The standard InChI is InChI=1S/C14H13S2.CHF3O3S/c1-16-10-15-13-8-4-2-6-11(13)12-7-3-5-9-14(12)16;2-1(3,4)8(5,6)7/h2-9H,10H2,1H3;(H,5,6,7)/q+1;/p-1. The number of hydrogen-bond donors (Lipinski definition) is 0. The van der Waals surface area contributed by atoms with Crippen molar-refractivity contribution in [2.75, 3.05) is 11.3 Å². The van der Waals surface area contributed by atoms with Crippen LogP contribution in [-0.2, 0) is 21.0 Å². The van der Waals surface area contributed by atoms with Crippen LogP contribution in [0, 0.1) is 0 Å². The maximum absolute atomic E-state index is 10.7. The van der Waals surface area contributed by atoms with Crippen molar-refractivity contribution < 1.29 is 26.1 Å². The summed E-state index contributed by atoms with van der Waals surface area (Å²) in [5.41, 5.74) is -2.82. The highest BCUT2D eigenvalue weighted by Gasteiger charge is 2.36. The van der Waals surface area contributed by atoms with Gasteiger partial charge in [-0.1, -0.05) is 42.1 Å². The van der Waals surface area contributed by atoms with E-state index in [0.717, 1.165) is 0 Å². The van der Waals surface area contributed by atoms with Gasteiger partial charge in [-0.05, 0) is 18.2 Å². The Kier molecular flexibility index (Phi) is 5.90. The lowest BCUT2D eigenvalue weighted by Crippen LogP contribution is -2.21. The highest BCUT2D eigenvalue weighted by molar-refractivity contribution is 8.14.